The minimum absolute atomic E-state index is 0.159. The van der Waals surface area contributed by atoms with Gasteiger partial charge in [-0.15, -0.1) is 11.3 Å². The Hall–Kier alpha value is -0.990. The van der Waals surface area contributed by atoms with E-state index >= 15 is 0 Å². The molecule has 1 fully saturated rings. The SMILES string of the molecule is CC(C)(C)C1CCN(S(=O)(=O)c2scnc2C(=O)O)CC1. The lowest BCUT2D eigenvalue weighted by molar-refractivity contribution is 0.0687. The zero-order valence-corrected chi connectivity index (χ0v) is 14.0. The number of carboxylic acids is 1. The second-order valence-electron chi connectivity index (χ2n) is 6.34. The van der Waals surface area contributed by atoms with Gasteiger partial charge in [0.1, 0.15) is 0 Å². The molecule has 21 heavy (non-hydrogen) atoms. The molecular formula is C13H20N2O4S2. The van der Waals surface area contributed by atoms with E-state index in [-0.39, 0.29) is 15.3 Å². The second kappa shape index (κ2) is 5.66. The first-order valence-corrected chi connectivity index (χ1v) is 9.13. The molecule has 6 nitrogen and oxygen atoms in total. The van der Waals surface area contributed by atoms with Crippen LogP contribution >= 0.6 is 11.3 Å². The third kappa shape index (κ3) is 3.27. The Bertz CT molecular complexity index is 623. The van der Waals surface area contributed by atoms with Crippen LogP contribution in [0.4, 0.5) is 0 Å². The van der Waals surface area contributed by atoms with Crippen molar-refractivity contribution in [3.63, 3.8) is 0 Å². The molecule has 1 aromatic rings. The number of carboxylic acid groups (broad SMARTS) is 1. The summed E-state index contributed by atoms with van der Waals surface area (Å²) in [5, 5.41) is 9.03. The summed E-state index contributed by atoms with van der Waals surface area (Å²) in [6, 6.07) is 0. The van der Waals surface area contributed by atoms with Crippen LogP contribution in [0.25, 0.3) is 0 Å². The fourth-order valence-electron chi connectivity index (χ4n) is 2.64. The minimum Gasteiger partial charge on any atom is -0.476 e. The summed E-state index contributed by atoms with van der Waals surface area (Å²) >= 11 is 0.863. The third-order valence-corrected chi connectivity index (χ3v) is 7.24. The molecule has 2 heterocycles. The average molecular weight is 332 g/mol. The molecule has 2 rings (SSSR count). The molecule has 0 radical (unpaired) electrons. The molecule has 1 saturated heterocycles. The van der Waals surface area contributed by atoms with Gasteiger partial charge in [-0.1, -0.05) is 20.8 Å². The molecule has 8 heteroatoms. The van der Waals surface area contributed by atoms with Crippen molar-refractivity contribution in [3.8, 4) is 0 Å². The molecular weight excluding hydrogens is 312 g/mol. The number of aromatic nitrogens is 1. The largest absolute Gasteiger partial charge is 0.476 e. The van der Waals surface area contributed by atoms with Crippen molar-refractivity contribution in [2.45, 2.75) is 37.8 Å². The molecule has 1 N–H and O–H groups in total. The molecule has 1 aliphatic heterocycles. The summed E-state index contributed by atoms with van der Waals surface area (Å²) in [6.45, 7) is 7.34. The van der Waals surface area contributed by atoms with Gasteiger partial charge < -0.3 is 5.11 Å². The highest BCUT2D eigenvalue weighted by atomic mass is 32.2. The first kappa shape index (κ1) is 16.4. The van der Waals surface area contributed by atoms with Gasteiger partial charge >= 0.3 is 5.97 Å². The summed E-state index contributed by atoms with van der Waals surface area (Å²) in [6.07, 6.45) is 1.59. The molecule has 1 aromatic heterocycles. The normalized spacial score (nSPS) is 18.8. The van der Waals surface area contributed by atoms with Gasteiger partial charge in [-0.2, -0.15) is 4.31 Å². The minimum atomic E-state index is -3.75. The van der Waals surface area contributed by atoms with Crippen LogP contribution in [-0.4, -0.2) is 41.9 Å². The van der Waals surface area contributed by atoms with E-state index in [1.54, 1.807) is 0 Å². The zero-order chi connectivity index (χ0) is 15.8. The standard InChI is InChI=1S/C13H20N2O4S2/c1-13(2,3)9-4-6-15(7-5-9)21(18,19)12-10(11(16)17)14-8-20-12/h8-9H,4-7H2,1-3H3,(H,16,17). The predicted octanol–water partition coefficient (Wildman–Crippen LogP) is 2.29. The summed E-state index contributed by atoms with van der Waals surface area (Å²) < 4.78 is 26.3. The molecule has 0 aromatic carbocycles. The molecule has 0 unspecified atom stereocenters. The van der Waals surface area contributed by atoms with E-state index in [0.29, 0.717) is 19.0 Å². The van der Waals surface area contributed by atoms with E-state index in [1.807, 2.05) is 0 Å². The summed E-state index contributed by atoms with van der Waals surface area (Å²) in [4.78, 5) is 14.7. The Balaban J connectivity index is 2.19. The number of thiazole rings is 1. The first-order chi connectivity index (χ1) is 9.64. The smallest absolute Gasteiger partial charge is 0.356 e. The van der Waals surface area contributed by atoms with Gasteiger partial charge in [0.15, 0.2) is 9.90 Å². The van der Waals surface area contributed by atoms with E-state index in [1.165, 1.54) is 9.82 Å². The van der Waals surface area contributed by atoms with Crippen molar-refractivity contribution < 1.29 is 18.3 Å². The van der Waals surface area contributed by atoms with Crippen molar-refractivity contribution in [2.75, 3.05) is 13.1 Å². The van der Waals surface area contributed by atoms with Gasteiger partial charge in [0.25, 0.3) is 10.0 Å². The lowest BCUT2D eigenvalue weighted by Gasteiger charge is -2.38. The maximum atomic E-state index is 12.6. The van der Waals surface area contributed by atoms with Crippen LogP contribution in [0.5, 0.6) is 0 Å². The van der Waals surface area contributed by atoms with Crippen LogP contribution in [0.2, 0.25) is 0 Å². The molecule has 0 aliphatic carbocycles. The van der Waals surface area contributed by atoms with Crippen LogP contribution in [0.3, 0.4) is 0 Å². The summed E-state index contributed by atoms with van der Waals surface area (Å²) in [7, 11) is -3.75. The van der Waals surface area contributed by atoms with Gasteiger partial charge in [0.2, 0.25) is 0 Å². The average Bonchev–Trinajstić information content (AvgIpc) is 2.88. The van der Waals surface area contributed by atoms with Crippen molar-refractivity contribution in [1.82, 2.24) is 9.29 Å². The number of hydrogen-bond donors (Lipinski definition) is 1. The number of piperidine rings is 1. The molecule has 1 aliphatic rings. The Kier molecular flexibility index (Phi) is 4.41. The van der Waals surface area contributed by atoms with Crippen LogP contribution in [0.1, 0.15) is 44.1 Å². The highest BCUT2D eigenvalue weighted by Crippen LogP contribution is 2.36. The van der Waals surface area contributed by atoms with E-state index in [2.05, 4.69) is 25.8 Å². The van der Waals surface area contributed by atoms with Crippen LogP contribution in [0.15, 0.2) is 9.72 Å². The Morgan fingerprint density at radius 3 is 2.43 bits per heavy atom. The highest BCUT2D eigenvalue weighted by molar-refractivity contribution is 7.91. The Morgan fingerprint density at radius 2 is 1.95 bits per heavy atom. The lowest BCUT2D eigenvalue weighted by Crippen LogP contribution is -2.41. The molecule has 0 saturated carbocycles. The van der Waals surface area contributed by atoms with Gasteiger partial charge in [0.05, 0.1) is 5.51 Å². The summed E-state index contributed by atoms with van der Waals surface area (Å²) in [5.41, 5.74) is 1.04. The van der Waals surface area contributed by atoms with E-state index in [0.717, 1.165) is 24.2 Å². The van der Waals surface area contributed by atoms with Crippen molar-refractivity contribution in [1.29, 1.82) is 0 Å². The highest BCUT2D eigenvalue weighted by Gasteiger charge is 2.36. The maximum absolute atomic E-state index is 12.6. The van der Waals surface area contributed by atoms with E-state index in [9.17, 15) is 13.2 Å². The van der Waals surface area contributed by atoms with Crippen LogP contribution in [0, 0.1) is 11.3 Å². The van der Waals surface area contributed by atoms with Gasteiger partial charge in [0, 0.05) is 13.1 Å². The van der Waals surface area contributed by atoms with Crippen molar-refractivity contribution in [2.24, 2.45) is 11.3 Å². The zero-order valence-electron chi connectivity index (χ0n) is 12.4. The molecule has 0 bridgehead atoms. The quantitative estimate of drug-likeness (QED) is 0.917. The predicted molar refractivity (Wildman–Crippen MR) is 80.0 cm³/mol. The molecule has 0 atom stereocenters. The third-order valence-electron chi connectivity index (χ3n) is 3.99. The van der Waals surface area contributed by atoms with Crippen LogP contribution in [-0.2, 0) is 10.0 Å². The van der Waals surface area contributed by atoms with Gasteiger partial charge in [-0.25, -0.2) is 18.2 Å². The second-order valence-corrected chi connectivity index (χ2v) is 9.33. The van der Waals surface area contributed by atoms with Crippen LogP contribution < -0.4 is 0 Å². The van der Waals surface area contributed by atoms with Crippen molar-refractivity contribution >= 4 is 27.3 Å². The van der Waals surface area contributed by atoms with E-state index < -0.39 is 16.0 Å². The topological polar surface area (TPSA) is 87.6 Å². The monoisotopic (exact) mass is 332 g/mol. The Labute approximate surface area is 128 Å². The number of sulfonamides is 1. The van der Waals surface area contributed by atoms with E-state index in [4.69, 9.17) is 5.11 Å². The fraction of sp³-hybridized carbons (Fsp3) is 0.692. The maximum Gasteiger partial charge on any atom is 0.356 e. The number of aromatic carboxylic acids is 1. The lowest BCUT2D eigenvalue weighted by atomic mass is 9.76. The number of rotatable bonds is 3. The van der Waals surface area contributed by atoms with Gasteiger partial charge in [-0.3, -0.25) is 0 Å². The number of carbonyl (C=O) groups is 1. The van der Waals surface area contributed by atoms with Gasteiger partial charge in [-0.05, 0) is 24.2 Å². The number of nitrogens with zero attached hydrogens (tertiary/aromatic N) is 2. The molecule has 118 valence electrons. The summed E-state index contributed by atoms with van der Waals surface area (Å²) in [5.74, 6) is -0.830. The molecule has 0 amide bonds. The van der Waals surface area contributed by atoms with Crippen molar-refractivity contribution in [3.05, 3.63) is 11.2 Å². The number of hydrogen-bond acceptors (Lipinski definition) is 5. The molecule has 0 spiro atoms. The Morgan fingerprint density at radius 1 is 1.38 bits per heavy atom. The fourth-order valence-corrected chi connectivity index (χ4v) is 5.39. The first-order valence-electron chi connectivity index (χ1n) is 6.81.